The summed E-state index contributed by atoms with van der Waals surface area (Å²) in [7, 11) is 0. The van der Waals surface area contributed by atoms with E-state index in [4.69, 9.17) is 0 Å². The van der Waals surface area contributed by atoms with Gasteiger partial charge in [0.15, 0.2) is 5.78 Å². The summed E-state index contributed by atoms with van der Waals surface area (Å²) in [5, 5.41) is 0. The summed E-state index contributed by atoms with van der Waals surface area (Å²) in [5.74, 6) is -0.342. The van der Waals surface area contributed by atoms with Gasteiger partial charge in [-0.3, -0.25) is 4.79 Å². The van der Waals surface area contributed by atoms with Crippen LogP contribution < -0.4 is 0 Å². The van der Waals surface area contributed by atoms with E-state index in [9.17, 15) is 9.18 Å². The molecule has 19 heavy (non-hydrogen) atoms. The summed E-state index contributed by atoms with van der Waals surface area (Å²) in [4.78, 5) is 12.5. The van der Waals surface area contributed by atoms with Crippen molar-refractivity contribution in [1.29, 1.82) is 0 Å². The van der Waals surface area contributed by atoms with Crippen molar-refractivity contribution in [2.45, 2.75) is 27.2 Å². The lowest BCUT2D eigenvalue weighted by Crippen LogP contribution is -2.07. The van der Waals surface area contributed by atoms with Gasteiger partial charge in [0.1, 0.15) is 5.82 Å². The fourth-order valence-corrected chi connectivity index (χ4v) is 2.30. The number of carbonyl (C=O) groups is 1. The van der Waals surface area contributed by atoms with Gasteiger partial charge < -0.3 is 0 Å². The monoisotopic (exact) mass is 256 g/mol. The molecule has 0 aliphatic rings. The van der Waals surface area contributed by atoms with Crippen molar-refractivity contribution >= 4 is 5.78 Å². The zero-order valence-corrected chi connectivity index (χ0v) is 11.5. The van der Waals surface area contributed by atoms with Crippen LogP contribution in [0, 0.1) is 19.7 Å². The lowest BCUT2D eigenvalue weighted by molar-refractivity contribution is 0.103. The van der Waals surface area contributed by atoms with Crippen LogP contribution in [-0.2, 0) is 6.42 Å². The molecule has 0 fully saturated rings. The summed E-state index contributed by atoms with van der Waals surface area (Å²) < 4.78 is 13.3. The van der Waals surface area contributed by atoms with E-state index in [1.807, 2.05) is 24.3 Å². The molecular formula is C17H17FO. The number of hydrogen-bond donors (Lipinski definition) is 0. The van der Waals surface area contributed by atoms with E-state index in [1.54, 1.807) is 13.8 Å². The van der Waals surface area contributed by atoms with Gasteiger partial charge in [-0.2, -0.15) is 0 Å². The smallest absolute Gasteiger partial charge is 0.193 e. The van der Waals surface area contributed by atoms with Crippen molar-refractivity contribution in [3.05, 3.63) is 70.0 Å². The molecule has 0 saturated carbocycles. The summed E-state index contributed by atoms with van der Waals surface area (Å²) >= 11 is 0. The zero-order valence-electron chi connectivity index (χ0n) is 11.5. The molecule has 2 heteroatoms. The van der Waals surface area contributed by atoms with Crippen LogP contribution in [0.4, 0.5) is 4.39 Å². The Bertz CT molecular complexity index is 589. The molecule has 0 aliphatic heterocycles. The lowest BCUT2D eigenvalue weighted by atomic mass is 9.94. The first-order valence-electron chi connectivity index (χ1n) is 6.43. The first-order valence-corrected chi connectivity index (χ1v) is 6.43. The van der Waals surface area contributed by atoms with E-state index in [-0.39, 0.29) is 11.6 Å². The van der Waals surface area contributed by atoms with Gasteiger partial charge in [0.05, 0.1) is 0 Å². The molecule has 0 heterocycles. The van der Waals surface area contributed by atoms with Crippen LogP contribution in [-0.4, -0.2) is 5.78 Å². The lowest BCUT2D eigenvalue weighted by Gasteiger charge is -2.09. The quantitative estimate of drug-likeness (QED) is 0.751. The van der Waals surface area contributed by atoms with Crippen LogP contribution in [0.1, 0.15) is 39.5 Å². The van der Waals surface area contributed by atoms with Gasteiger partial charge in [-0.05, 0) is 49.1 Å². The number of hydrogen-bond acceptors (Lipinski definition) is 1. The highest BCUT2D eigenvalue weighted by atomic mass is 19.1. The molecule has 0 N–H and O–H groups in total. The molecule has 98 valence electrons. The maximum Gasteiger partial charge on any atom is 0.193 e. The van der Waals surface area contributed by atoms with Crippen LogP contribution in [0.2, 0.25) is 0 Å². The van der Waals surface area contributed by atoms with E-state index in [0.717, 1.165) is 6.42 Å². The van der Waals surface area contributed by atoms with Crippen LogP contribution in [0.15, 0.2) is 36.4 Å². The second-order valence-electron chi connectivity index (χ2n) is 4.79. The molecule has 0 radical (unpaired) electrons. The normalized spacial score (nSPS) is 10.5. The molecule has 0 aliphatic carbocycles. The molecule has 0 amide bonds. The Hall–Kier alpha value is -1.96. The third-order valence-electron chi connectivity index (χ3n) is 3.35. The predicted molar refractivity (Wildman–Crippen MR) is 75.1 cm³/mol. The molecule has 0 atom stereocenters. The predicted octanol–water partition coefficient (Wildman–Crippen LogP) is 4.24. The largest absolute Gasteiger partial charge is 0.289 e. The number of ketones is 1. The maximum absolute atomic E-state index is 13.3. The Morgan fingerprint density at radius 2 is 1.58 bits per heavy atom. The van der Waals surface area contributed by atoms with E-state index < -0.39 is 0 Å². The van der Waals surface area contributed by atoms with Crippen molar-refractivity contribution in [1.82, 2.24) is 0 Å². The molecule has 1 nitrogen and oxygen atoms in total. The van der Waals surface area contributed by atoms with Crippen LogP contribution in [0.3, 0.4) is 0 Å². The Morgan fingerprint density at radius 3 is 2.05 bits per heavy atom. The average molecular weight is 256 g/mol. The number of carbonyl (C=O) groups excluding carboxylic acids is 1. The van der Waals surface area contributed by atoms with Gasteiger partial charge in [0.2, 0.25) is 0 Å². The Labute approximate surface area is 113 Å². The van der Waals surface area contributed by atoms with Crippen LogP contribution in [0.5, 0.6) is 0 Å². The average Bonchev–Trinajstić information content (AvgIpc) is 2.37. The number of aryl methyl sites for hydroxylation is 3. The Balaban J connectivity index is 2.44. The second kappa shape index (κ2) is 5.35. The maximum atomic E-state index is 13.3. The molecule has 0 aromatic heterocycles. The van der Waals surface area contributed by atoms with E-state index in [1.165, 1.54) is 17.7 Å². The molecule has 0 bridgehead atoms. The van der Waals surface area contributed by atoms with Crippen molar-refractivity contribution < 1.29 is 9.18 Å². The van der Waals surface area contributed by atoms with Gasteiger partial charge in [0, 0.05) is 11.1 Å². The summed E-state index contributed by atoms with van der Waals surface area (Å²) in [5.41, 5.74) is 3.81. The number of benzene rings is 2. The highest BCUT2D eigenvalue weighted by Crippen LogP contribution is 2.20. The van der Waals surface area contributed by atoms with Crippen molar-refractivity contribution in [3.8, 4) is 0 Å². The SMILES string of the molecule is CCc1ccc(C(=O)c2c(C)cc(F)cc2C)cc1. The minimum Gasteiger partial charge on any atom is -0.289 e. The number of rotatable bonds is 3. The van der Waals surface area contributed by atoms with Crippen molar-refractivity contribution in [2.75, 3.05) is 0 Å². The zero-order chi connectivity index (χ0) is 14.0. The van der Waals surface area contributed by atoms with Gasteiger partial charge >= 0.3 is 0 Å². The molecule has 0 unspecified atom stereocenters. The first-order chi connectivity index (χ1) is 9.02. The van der Waals surface area contributed by atoms with Crippen LogP contribution in [0.25, 0.3) is 0 Å². The molecule has 0 saturated heterocycles. The molecule has 2 aromatic carbocycles. The minimum atomic E-state index is -0.298. The van der Waals surface area contributed by atoms with E-state index >= 15 is 0 Å². The highest BCUT2D eigenvalue weighted by Gasteiger charge is 2.15. The van der Waals surface area contributed by atoms with Gasteiger partial charge in [-0.25, -0.2) is 4.39 Å². The minimum absolute atomic E-state index is 0.0438. The number of halogens is 1. The second-order valence-corrected chi connectivity index (χ2v) is 4.79. The van der Waals surface area contributed by atoms with E-state index in [2.05, 4.69) is 6.92 Å². The molecule has 2 rings (SSSR count). The third-order valence-corrected chi connectivity index (χ3v) is 3.35. The van der Waals surface area contributed by atoms with Crippen LogP contribution >= 0.6 is 0 Å². The fraction of sp³-hybridized carbons (Fsp3) is 0.235. The Kier molecular flexibility index (Phi) is 3.79. The van der Waals surface area contributed by atoms with Gasteiger partial charge in [-0.1, -0.05) is 31.2 Å². The highest BCUT2D eigenvalue weighted by molar-refractivity contribution is 6.10. The first kappa shape index (κ1) is 13.5. The molecule has 2 aromatic rings. The summed E-state index contributed by atoms with van der Waals surface area (Å²) in [6, 6.07) is 10.4. The molecule has 0 spiro atoms. The summed E-state index contributed by atoms with van der Waals surface area (Å²) in [6.45, 7) is 5.61. The van der Waals surface area contributed by atoms with Gasteiger partial charge in [0.25, 0.3) is 0 Å². The van der Waals surface area contributed by atoms with Crippen molar-refractivity contribution in [3.63, 3.8) is 0 Å². The standard InChI is InChI=1S/C17H17FO/c1-4-13-5-7-14(8-6-13)17(19)16-11(2)9-15(18)10-12(16)3/h5-10H,4H2,1-3H3. The Morgan fingerprint density at radius 1 is 1.05 bits per heavy atom. The van der Waals surface area contributed by atoms with E-state index in [0.29, 0.717) is 22.3 Å². The topological polar surface area (TPSA) is 17.1 Å². The molecular weight excluding hydrogens is 239 g/mol. The summed E-state index contributed by atoms with van der Waals surface area (Å²) in [6.07, 6.45) is 0.947. The third kappa shape index (κ3) is 2.73. The van der Waals surface area contributed by atoms with Crippen molar-refractivity contribution in [2.24, 2.45) is 0 Å². The fourth-order valence-electron chi connectivity index (χ4n) is 2.30. The van der Waals surface area contributed by atoms with Gasteiger partial charge in [-0.15, -0.1) is 0 Å².